The highest BCUT2D eigenvalue weighted by Gasteiger charge is 1.98. The average molecular weight is 213 g/mol. The maximum absolute atomic E-state index is 4.40. The molecule has 0 saturated heterocycles. The van der Waals surface area contributed by atoms with Crippen molar-refractivity contribution >= 4 is 35.5 Å². The normalized spacial score (nSPS) is 8.54. The van der Waals surface area contributed by atoms with E-state index in [0.717, 1.165) is 29.9 Å². The van der Waals surface area contributed by atoms with Crippen molar-refractivity contribution in [2.45, 2.75) is 33.6 Å². The molecular formula is C9H17ClMgN2. The van der Waals surface area contributed by atoms with Crippen LogP contribution >= 0.6 is 12.4 Å². The number of hydrogen-bond acceptors (Lipinski definition) is 2. The third-order valence-electron chi connectivity index (χ3n) is 1.80. The van der Waals surface area contributed by atoms with Gasteiger partial charge in [-0.2, -0.15) is 0 Å². The molecule has 1 aromatic rings. The molecule has 72 valence electrons. The van der Waals surface area contributed by atoms with Crippen LogP contribution < -0.4 is 0 Å². The molecule has 1 heterocycles. The summed E-state index contributed by atoms with van der Waals surface area (Å²) in [7, 11) is 0. The van der Waals surface area contributed by atoms with Crippen LogP contribution in [0.25, 0.3) is 0 Å². The van der Waals surface area contributed by atoms with E-state index in [1.54, 1.807) is 0 Å². The summed E-state index contributed by atoms with van der Waals surface area (Å²) in [4.78, 5) is 8.70. The lowest BCUT2D eigenvalue weighted by Gasteiger charge is -2.01. The monoisotopic (exact) mass is 212 g/mol. The molecule has 13 heavy (non-hydrogen) atoms. The van der Waals surface area contributed by atoms with Gasteiger partial charge in [0.15, 0.2) is 0 Å². The molecule has 0 saturated carbocycles. The largest absolute Gasteiger partial charge is 0.316 e. The van der Waals surface area contributed by atoms with Gasteiger partial charge in [0.2, 0.25) is 0 Å². The Morgan fingerprint density at radius 1 is 1.23 bits per heavy atom. The minimum Gasteiger partial charge on any atom is -0.258 e. The van der Waals surface area contributed by atoms with Gasteiger partial charge in [0.05, 0.1) is 17.1 Å². The van der Waals surface area contributed by atoms with Gasteiger partial charge in [-0.3, -0.25) is 9.97 Å². The Hall–Kier alpha value is 0.136. The van der Waals surface area contributed by atoms with E-state index < -0.39 is 0 Å². The minimum absolute atomic E-state index is 0. The summed E-state index contributed by atoms with van der Waals surface area (Å²) in [6, 6.07) is 0. The molecule has 0 aliphatic rings. The van der Waals surface area contributed by atoms with Crippen LogP contribution in [-0.2, 0) is 12.8 Å². The number of hydrogen-bond donors (Lipinski definition) is 0. The number of nitrogens with zero attached hydrogens (tertiary/aromatic N) is 2. The molecule has 0 N–H and O–H groups in total. The van der Waals surface area contributed by atoms with E-state index >= 15 is 0 Å². The lowest BCUT2D eigenvalue weighted by molar-refractivity contribution is 0.901. The van der Waals surface area contributed by atoms with Gasteiger partial charge in [-0.05, 0) is 19.8 Å². The van der Waals surface area contributed by atoms with Gasteiger partial charge in [0, 0.05) is 6.20 Å². The number of aromatic nitrogens is 2. The highest BCUT2D eigenvalue weighted by Crippen LogP contribution is 2.03. The molecule has 0 bridgehead atoms. The second-order valence-corrected chi connectivity index (χ2v) is 2.60. The van der Waals surface area contributed by atoms with E-state index in [0.29, 0.717) is 0 Å². The van der Waals surface area contributed by atoms with Crippen molar-refractivity contribution in [3.05, 3.63) is 23.3 Å². The maximum atomic E-state index is 4.40. The Labute approximate surface area is 102 Å². The molecule has 0 spiro atoms. The molecule has 0 atom stereocenters. The van der Waals surface area contributed by atoms with E-state index in [-0.39, 0.29) is 35.5 Å². The summed E-state index contributed by atoms with van der Waals surface area (Å²) in [6.07, 6.45) is 3.81. The molecule has 0 fully saturated rings. The molecule has 2 nitrogen and oxygen atoms in total. The first-order chi connectivity index (χ1) is 5.27. The van der Waals surface area contributed by atoms with Crippen molar-refractivity contribution < 1.29 is 0 Å². The van der Waals surface area contributed by atoms with Crippen LogP contribution in [0, 0.1) is 6.92 Å². The molecule has 0 aliphatic carbocycles. The Bertz CT molecular complexity index is 253. The fourth-order valence-electron chi connectivity index (χ4n) is 1.07. The fraction of sp³-hybridized carbons (Fsp3) is 0.556. The molecule has 0 aromatic carbocycles. The molecule has 0 radical (unpaired) electrons. The first-order valence-corrected chi connectivity index (χ1v) is 4.09. The Kier molecular flexibility index (Phi) is 9.04. The highest BCUT2D eigenvalue weighted by molar-refractivity contribution is 5.85. The van der Waals surface area contributed by atoms with Crippen LogP contribution in [0.2, 0.25) is 0 Å². The number of halogens is 1. The zero-order valence-electron chi connectivity index (χ0n) is 7.79. The van der Waals surface area contributed by atoms with Crippen molar-refractivity contribution in [2.24, 2.45) is 0 Å². The fourth-order valence-corrected chi connectivity index (χ4v) is 1.07. The lowest BCUT2D eigenvalue weighted by atomic mass is 10.2. The summed E-state index contributed by atoms with van der Waals surface area (Å²) in [6.45, 7) is 6.21. The van der Waals surface area contributed by atoms with Gasteiger partial charge < -0.3 is 0 Å². The van der Waals surface area contributed by atoms with E-state index in [4.69, 9.17) is 0 Å². The topological polar surface area (TPSA) is 25.8 Å². The molecular weight excluding hydrogens is 196 g/mol. The third kappa shape index (κ3) is 4.25. The first-order valence-electron chi connectivity index (χ1n) is 4.09. The van der Waals surface area contributed by atoms with E-state index in [2.05, 4.69) is 23.8 Å². The highest BCUT2D eigenvalue weighted by atomic mass is 35.5. The van der Waals surface area contributed by atoms with Gasteiger partial charge in [-0.15, -0.1) is 12.4 Å². The molecule has 1 rings (SSSR count). The molecule has 4 heteroatoms. The first kappa shape index (κ1) is 15.6. The SMILES string of the molecule is CCc1cnc(CC)c(C)n1.Cl.[MgH2]. The van der Waals surface area contributed by atoms with Crippen molar-refractivity contribution in [1.29, 1.82) is 0 Å². The minimum atomic E-state index is 0. The predicted octanol–water partition coefficient (Wildman–Crippen LogP) is 1.42. The van der Waals surface area contributed by atoms with Crippen molar-refractivity contribution in [3.63, 3.8) is 0 Å². The smallest absolute Gasteiger partial charge is 0.258 e. The Morgan fingerprint density at radius 3 is 2.23 bits per heavy atom. The van der Waals surface area contributed by atoms with Crippen molar-refractivity contribution in [2.75, 3.05) is 0 Å². The lowest BCUT2D eigenvalue weighted by Crippen LogP contribution is -1.98. The van der Waals surface area contributed by atoms with Crippen molar-refractivity contribution in [3.8, 4) is 0 Å². The number of rotatable bonds is 2. The summed E-state index contributed by atoms with van der Waals surface area (Å²) < 4.78 is 0. The molecule has 0 amide bonds. The second kappa shape index (κ2) is 7.53. The maximum Gasteiger partial charge on any atom is 0.316 e. The zero-order chi connectivity index (χ0) is 8.27. The summed E-state index contributed by atoms with van der Waals surface area (Å²) in [5.41, 5.74) is 3.27. The van der Waals surface area contributed by atoms with Crippen molar-refractivity contribution in [1.82, 2.24) is 9.97 Å². The van der Waals surface area contributed by atoms with Gasteiger partial charge in [0.25, 0.3) is 0 Å². The summed E-state index contributed by atoms with van der Waals surface area (Å²) in [5.74, 6) is 0. The zero-order valence-corrected chi connectivity index (χ0v) is 8.61. The molecule has 1 aromatic heterocycles. The molecule has 0 aliphatic heterocycles. The second-order valence-electron chi connectivity index (χ2n) is 2.60. The van der Waals surface area contributed by atoms with Crippen LogP contribution in [0.1, 0.15) is 30.9 Å². The van der Waals surface area contributed by atoms with E-state index in [1.165, 1.54) is 0 Å². The van der Waals surface area contributed by atoms with Crippen LogP contribution in [0.3, 0.4) is 0 Å². The van der Waals surface area contributed by atoms with E-state index in [9.17, 15) is 0 Å². The van der Waals surface area contributed by atoms with Gasteiger partial charge in [-0.1, -0.05) is 13.8 Å². The quantitative estimate of drug-likeness (QED) is 0.694. The summed E-state index contributed by atoms with van der Waals surface area (Å²) in [5, 5.41) is 0. The average Bonchev–Trinajstić information content (AvgIpc) is 2.04. The van der Waals surface area contributed by atoms with E-state index in [1.807, 2.05) is 13.1 Å². The standard InChI is InChI=1S/C9H14N2.ClH.Mg.2H/c1-4-8-6-10-9(5-2)7(3)11-8;;;;/h6H,4-5H2,1-3H3;1H;;;. The predicted molar refractivity (Wildman–Crippen MR) is 61.3 cm³/mol. The van der Waals surface area contributed by atoms with Gasteiger partial charge in [-0.25, -0.2) is 0 Å². The Morgan fingerprint density at radius 2 is 1.85 bits per heavy atom. The van der Waals surface area contributed by atoms with Crippen LogP contribution in [0.15, 0.2) is 6.20 Å². The summed E-state index contributed by atoms with van der Waals surface area (Å²) >= 11 is 0. The van der Waals surface area contributed by atoms with Crippen LogP contribution in [0.5, 0.6) is 0 Å². The molecule has 0 unspecified atom stereocenters. The van der Waals surface area contributed by atoms with Gasteiger partial charge in [0.1, 0.15) is 0 Å². The van der Waals surface area contributed by atoms with Crippen LogP contribution in [-0.4, -0.2) is 33.0 Å². The van der Waals surface area contributed by atoms with Crippen LogP contribution in [0.4, 0.5) is 0 Å². The third-order valence-corrected chi connectivity index (χ3v) is 1.80. The number of aryl methyl sites for hydroxylation is 3. The Balaban J connectivity index is 0. The van der Waals surface area contributed by atoms with Gasteiger partial charge >= 0.3 is 23.1 Å².